The first-order valence-corrected chi connectivity index (χ1v) is 10.8. The van der Waals surface area contributed by atoms with Crippen LogP contribution >= 0.6 is 0 Å². The SMILES string of the molecule is O=C(c1cccnc1)N1CCC2(CCC(N3CCCC3)c3ccccc32)CC1. The lowest BCUT2D eigenvalue weighted by molar-refractivity contribution is 0.0632. The summed E-state index contributed by atoms with van der Waals surface area (Å²) in [7, 11) is 0. The molecule has 1 spiro atoms. The largest absolute Gasteiger partial charge is 0.339 e. The van der Waals surface area contributed by atoms with Crippen LogP contribution in [0.3, 0.4) is 0 Å². The molecule has 0 bridgehead atoms. The van der Waals surface area contributed by atoms with Crippen molar-refractivity contribution in [2.45, 2.75) is 50.0 Å². The summed E-state index contributed by atoms with van der Waals surface area (Å²) in [4.78, 5) is 21.7. The molecule has 2 aliphatic heterocycles. The van der Waals surface area contributed by atoms with E-state index in [1.807, 2.05) is 17.0 Å². The van der Waals surface area contributed by atoms with E-state index in [0.717, 1.165) is 25.9 Å². The molecular formula is C24H29N3O. The van der Waals surface area contributed by atoms with Gasteiger partial charge in [0.1, 0.15) is 0 Å². The van der Waals surface area contributed by atoms with Gasteiger partial charge in [0.05, 0.1) is 5.56 Å². The number of hydrogen-bond donors (Lipinski definition) is 0. The fraction of sp³-hybridized carbons (Fsp3) is 0.500. The van der Waals surface area contributed by atoms with Crippen LogP contribution in [0, 0.1) is 0 Å². The Hall–Kier alpha value is -2.20. The van der Waals surface area contributed by atoms with Gasteiger partial charge in [-0.15, -0.1) is 0 Å². The maximum absolute atomic E-state index is 12.8. The van der Waals surface area contributed by atoms with Crippen LogP contribution in [-0.2, 0) is 5.41 Å². The Balaban J connectivity index is 1.36. The second-order valence-electron chi connectivity index (χ2n) is 8.70. The third-order valence-electron chi connectivity index (χ3n) is 7.29. The molecule has 1 aromatic heterocycles. The Morgan fingerprint density at radius 2 is 1.75 bits per heavy atom. The maximum atomic E-state index is 12.8. The van der Waals surface area contributed by atoms with E-state index in [-0.39, 0.29) is 11.3 Å². The molecule has 1 unspecified atom stereocenters. The van der Waals surface area contributed by atoms with E-state index < -0.39 is 0 Å². The van der Waals surface area contributed by atoms with E-state index in [4.69, 9.17) is 0 Å². The third kappa shape index (κ3) is 3.04. The zero-order valence-corrected chi connectivity index (χ0v) is 16.5. The van der Waals surface area contributed by atoms with Crippen LogP contribution in [0.15, 0.2) is 48.8 Å². The van der Waals surface area contributed by atoms with Crippen molar-refractivity contribution in [2.24, 2.45) is 0 Å². The van der Waals surface area contributed by atoms with E-state index in [1.54, 1.807) is 23.5 Å². The molecule has 0 radical (unpaired) electrons. The summed E-state index contributed by atoms with van der Waals surface area (Å²) < 4.78 is 0. The Labute approximate surface area is 167 Å². The first-order chi connectivity index (χ1) is 13.8. The molecule has 28 heavy (non-hydrogen) atoms. The van der Waals surface area contributed by atoms with Gasteiger partial charge in [0.25, 0.3) is 5.91 Å². The number of aromatic nitrogens is 1. The summed E-state index contributed by atoms with van der Waals surface area (Å²) in [5.74, 6) is 0.127. The molecule has 3 aliphatic rings. The standard InChI is InChI=1S/C24H29N3O/c28-23(19-6-5-13-25-18-19)27-16-11-24(12-17-27)10-9-22(26-14-3-4-15-26)20-7-1-2-8-21(20)24/h1-2,5-8,13,18,22H,3-4,9-12,14-17H2. The molecule has 1 aromatic carbocycles. The normalized spacial score (nSPS) is 24.3. The Morgan fingerprint density at radius 3 is 2.50 bits per heavy atom. The van der Waals surface area contributed by atoms with Crippen molar-refractivity contribution >= 4 is 5.91 Å². The number of fused-ring (bicyclic) bond motifs is 2. The van der Waals surface area contributed by atoms with Crippen molar-refractivity contribution in [3.63, 3.8) is 0 Å². The molecule has 4 nitrogen and oxygen atoms in total. The minimum absolute atomic E-state index is 0.127. The predicted octanol–water partition coefficient (Wildman–Crippen LogP) is 4.19. The minimum Gasteiger partial charge on any atom is -0.339 e. The van der Waals surface area contributed by atoms with Crippen LogP contribution in [-0.4, -0.2) is 46.9 Å². The van der Waals surface area contributed by atoms with Crippen LogP contribution < -0.4 is 0 Å². The second kappa shape index (κ2) is 7.32. The van der Waals surface area contributed by atoms with Crippen molar-refractivity contribution < 1.29 is 4.79 Å². The van der Waals surface area contributed by atoms with Gasteiger partial charge in [0.2, 0.25) is 0 Å². The number of hydrogen-bond acceptors (Lipinski definition) is 3. The number of benzene rings is 1. The summed E-state index contributed by atoms with van der Waals surface area (Å²) in [5.41, 5.74) is 4.07. The molecule has 146 valence electrons. The van der Waals surface area contributed by atoms with E-state index in [1.165, 1.54) is 38.8 Å². The molecular weight excluding hydrogens is 346 g/mol. The topological polar surface area (TPSA) is 36.4 Å². The van der Waals surface area contributed by atoms with Gasteiger partial charge in [0, 0.05) is 31.5 Å². The number of carbonyl (C=O) groups is 1. The minimum atomic E-state index is 0.127. The fourth-order valence-electron chi connectivity index (χ4n) is 5.74. The van der Waals surface area contributed by atoms with Gasteiger partial charge < -0.3 is 4.90 Å². The molecule has 4 heteroatoms. The molecule has 2 aromatic rings. The lowest BCUT2D eigenvalue weighted by Crippen LogP contribution is -2.47. The van der Waals surface area contributed by atoms with Gasteiger partial charge in [-0.2, -0.15) is 0 Å². The molecule has 2 fully saturated rings. The zero-order valence-electron chi connectivity index (χ0n) is 16.5. The number of pyridine rings is 1. The lowest BCUT2D eigenvalue weighted by Gasteiger charge is -2.48. The number of carbonyl (C=O) groups excluding carboxylic acids is 1. The van der Waals surface area contributed by atoms with Crippen LogP contribution in [0.1, 0.15) is 66.1 Å². The van der Waals surface area contributed by atoms with E-state index in [9.17, 15) is 4.79 Å². The van der Waals surface area contributed by atoms with Crippen molar-refractivity contribution in [1.29, 1.82) is 0 Å². The van der Waals surface area contributed by atoms with Gasteiger partial charge in [-0.3, -0.25) is 14.7 Å². The average Bonchev–Trinajstić information content (AvgIpc) is 3.30. The highest BCUT2D eigenvalue weighted by atomic mass is 16.2. The number of likely N-dealkylation sites (tertiary alicyclic amines) is 2. The molecule has 1 aliphatic carbocycles. The Bertz CT molecular complexity index is 836. The van der Waals surface area contributed by atoms with Crippen molar-refractivity contribution in [3.8, 4) is 0 Å². The van der Waals surface area contributed by atoms with E-state index >= 15 is 0 Å². The van der Waals surface area contributed by atoms with Gasteiger partial charge in [-0.05, 0) is 80.3 Å². The summed E-state index contributed by atoms with van der Waals surface area (Å²) in [6, 6.07) is 13.5. The molecule has 1 amide bonds. The van der Waals surface area contributed by atoms with Crippen LogP contribution in [0.25, 0.3) is 0 Å². The zero-order chi connectivity index (χ0) is 19.0. The smallest absolute Gasteiger partial charge is 0.255 e. The predicted molar refractivity (Wildman–Crippen MR) is 110 cm³/mol. The van der Waals surface area contributed by atoms with Crippen molar-refractivity contribution in [3.05, 3.63) is 65.5 Å². The maximum Gasteiger partial charge on any atom is 0.255 e. The fourth-order valence-corrected chi connectivity index (χ4v) is 5.74. The van der Waals surface area contributed by atoms with Gasteiger partial charge in [-0.1, -0.05) is 24.3 Å². The summed E-state index contributed by atoms with van der Waals surface area (Å²) >= 11 is 0. The number of rotatable bonds is 2. The van der Waals surface area contributed by atoms with Gasteiger partial charge in [-0.25, -0.2) is 0 Å². The summed E-state index contributed by atoms with van der Waals surface area (Å²) in [6.45, 7) is 4.19. The number of nitrogens with zero attached hydrogens (tertiary/aromatic N) is 3. The Morgan fingerprint density at radius 1 is 0.964 bits per heavy atom. The lowest BCUT2D eigenvalue weighted by atomic mass is 9.63. The average molecular weight is 376 g/mol. The second-order valence-corrected chi connectivity index (χ2v) is 8.70. The monoisotopic (exact) mass is 375 g/mol. The van der Waals surface area contributed by atoms with Crippen LogP contribution in [0.5, 0.6) is 0 Å². The molecule has 1 atom stereocenters. The highest BCUT2D eigenvalue weighted by Gasteiger charge is 2.43. The van der Waals surface area contributed by atoms with Crippen LogP contribution in [0.2, 0.25) is 0 Å². The molecule has 0 saturated carbocycles. The Kier molecular flexibility index (Phi) is 4.67. The van der Waals surface area contributed by atoms with Gasteiger partial charge in [0.15, 0.2) is 0 Å². The molecule has 5 rings (SSSR count). The van der Waals surface area contributed by atoms with Crippen LogP contribution in [0.4, 0.5) is 0 Å². The van der Waals surface area contributed by atoms with Gasteiger partial charge >= 0.3 is 0 Å². The number of piperidine rings is 1. The third-order valence-corrected chi connectivity index (χ3v) is 7.29. The highest BCUT2D eigenvalue weighted by Crippen LogP contribution is 2.49. The number of amides is 1. The first-order valence-electron chi connectivity index (χ1n) is 10.8. The summed E-state index contributed by atoms with van der Waals surface area (Å²) in [5, 5.41) is 0. The molecule has 2 saturated heterocycles. The highest BCUT2D eigenvalue weighted by molar-refractivity contribution is 5.93. The first kappa shape index (κ1) is 17.9. The molecule has 0 N–H and O–H groups in total. The quantitative estimate of drug-likeness (QED) is 0.790. The van der Waals surface area contributed by atoms with Crippen molar-refractivity contribution in [2.75, 3.05) is 26.2 Å². The molecule has 3 heterocycles. The van der Waals surface area contributed by atoms with E-state index in [0.29, 0.717) is 11.6 Å². The summed E-state index contributed by atoms with van der Waals surface area (Å²) in [6.07, 6.45) is 10.7. The van der Waals surface area contributed by atoms with Crippen molar-refractivity contribution in [1.82, 2.24) is 14.8 Å². The van der Waals surface area contributed by atoms with E-state index in [2.05, 4.69) is 34.1 Å².